The fourth-order valence-corrected chi connectivity index (χ4v) is 5.33. The van der Waals surface area contributed by atoms with Gasteiger partial charge in [0.15, 0.2) is 5.76 Å². The van der Waals surface area contributed by atoms with E-state index in [1.807, 2.05) is 30.3 Å². The average molecular weight is 613 g/mol. The standard InChI is InChI=1S/C33H33FN6O5/c1-22(36-31(41)29-7-3-18-44-29)33(42)40-15-4-13-39(16-17-40)14-5-19-43-25-9-10-26(27(34)21-25)30-37-32(45-38-30)24-8-11-28-23(20-24)6-2-12-35-28/h2-3,6-12,18,20-22H,4-5,13-17,19H2,1H3,(H,36,41)/t22-/m0/s1. The third-order valence-electron chi connectivity index (χ3n) is 7.71. The van der Waals surface area contributed by atoms with Crippen LogP contribution in [0.25, 0.3) is 33.7 Å². The number of nitrogens with one attached hydrogen (secondary N) is 1. The summed E-state index contributed by atoms with van der Waals surface area (Å²) >= 11 is 0. The molecule has 0 saturated carbocycles. The van der Waals surface area contributed by atoms with Crippen molar-refractivity contribution >= 4 is 22.7 Å². The van der Waals surface area contributed by atoms with E-state index < -0.39 is 17.8 Å². The Bertz CT molecular complexity index is 1770. The number of amides is 2. The van der Waals surface area contributed by atoms with Crippen LogP contribution in [0.1, 0.15) is 30.3 Å². The highest BCUT2D eigenvalue weighted by atomic mass is 19.1. The molecule has 1 aliphatic heterocycles. The molecular formula is C33H33FN6O5. The second-order valence-electron chi connectivity index (χ2n) is 10.9. The molecule has 0 radical (unpaired) electrons. The van der Waals surface area contributed by atoms with Crippen molar-refractivity contribution in [3.8, 4) is 28.6 Å². The Labute approximate surface area is 259 Å². The van der Waals surface area contributed by atoms with Crippen molar-refractivity contribution in [3.05, 3.63) is 84.7 Å². The number of hydrogen-bond donors (Lipinski definition) is 1. The molecule has 1 atom stereocenters. The van der Waals surface area contributed by atoms with Crippen molar-refractivity contribution in [2.24, 2.45) is 0 Å². The Morgan fingerprint density at radius 3 is 2.82 bits per heavy atom. The van der Waals surface area contributed by atoms with Gasteiger partial charge in [-0.05, 0) is 74.8 Å². The number of pyridine rings is 1. The van der Waals surface area contributed by atoms with Gasteiger partial charge >= 0.3 is 0 Å². The normalized spacial score (nSPS) is 14.7. The number of ether oxygens (including phenoxy) is 1. The van der Waals surface area contributed by atoms with E-state index in [2.05, 4.69) is 25.3 Å². The fourth-order valence-electron chi connectivity index (χ4n) is 5.33. The molecule has 2 aromatic carbocycles. The lowest BCUT2D eigenvalue weighted by Crippen LogP contribution is -2.48. The van der Waals surface area contributed by atoms with E-state index in [0.717, 1.165) is 48.9 Å². The summed E-state index contributed by atoms with van der Waals surface area (Å²) in [6.45, 7) is 5.64. The van der Waals surface area contributed by atoms with Gasteiger partial charge < -0.3 is 28.8 Å². The maximum absolute atomic E-state index is 15.0. The molecular weight excluding hydrogens is 579 g/mol. The third-order valence-corrected chi connectivity index (χ3v) is 7.71. The number of aromatic nitrogens is 3. The highest BCUT2D eigenvalue weighted by Crippen LogP contribution is 2.28. The molecule has 0 bridgehead atoms. The van der Waals surface area contributed by atoms with Crippen molar-refractivity contribution in [2.45, 2.75) is 25.8 Å². The Balaban J connectivity index is 0.956. The third kappa shape index (κ3) is 7.18. The van der Waals surface area contributed by atoms with Gasteiger partial charge in [0, 0.05) is 49.4 Å². The Morgan fingerprint density at radius 2 is 1.98 bits per heavy atom. The fraction of sp³-hybridized carbons (Fsp3) is 0.303. The SMILES string of the molecule is C[C@H](NC(=O)c1ccco1)C(=O)N1CCCN(CCCOc2ccc(-c3noc(-c4ccc5ncccc5c4)n3)c(F)c2)CC1. The minimum absolute atomic E-state index is 0.117. The molecule has 45 heavy (non-hydrogen) atoms. The predicted octanol–water partition coefficient (Wildman–Crippen LogP) is 4.81. The quantitative estimate of drug-likeness (QED) is 0.221. The summed E-state index contributed by atoms with van der Waals surface area (Å²) in [5.41, 5.74) is 1.80. The summed E-state index contributed by atoms with van der Waals surface area (Å²) in [7, 11) is 0. The molecule has 5 aromatic rings. The van der Waals surface area contributed by atoms with Crippen LogP contribution in [0.3, 0.4) is 0 Å². The first kappa shape index (κ1) is 29.9. The zero-order chi connectivity index (χ0) is 31.2. The number of furan rings is 1. The number of halogens is 1. The van der Waals surface area contributed by atoms with E-state index in [9.17, 15) is 9.59 Å². The van der Waals surface area contributed by atoms with E-state index in [4.69, 9.17) is 13.7 Å². The van der Waals surface area contributed by atoms with E-state index >= 15 is 4.39 Å². The number of carbonyl (C=O) groups excluding carboxylic acids is 2. The van der Waals surface area contributed by atoms with Gasteiger partial charge in [-0.3, -0.25) is 14.6 Å². The molecule has 1 fully saturated rings. The molecule has 0 unspecified atom stereocenters. The molecule has 3 aromatic heterocycles. The van der Waals surface area contributed by atoms with E-state index in [-0.39, 0.29) is 23.1 Å². The Kier molecular flexibility index (Phi) is 9.11. The number of rotatable bonds is 10. The van der Waals surface area contributed by atoms with Gasteiger partial charge in [-0.2, -0.15) is 4.98 Å². The molecule has 232 valence electrons. The molecule has 4 heterocycles. The second-order valence-corrected chi connectivity index (χ2v) is 10.9. The number of fused-ring (bicyclic) bond motifs is 1. The molecule has 11 nitrogen and oxygen atoms in total. The molecule has 1 aliphatic rings. The molecule has 1 N–H and O–H groups in total. The topological polar surface area (TPSA) is 127 Å². The molecule has 12 heteroatoms. The van der Waals surface area contributed by atoms with Gasteiger partial charge in [-0.15, -0.1) is 0 Å². The minimum Gasteiger partial charge on any atom is -0.493 e. The smallest absolute Gasteiger partial charge is 0.287 e. The van der Waals surface area contributed by atoms with Crippen molar-refractivity contribution < 1.29 is 27.7 Å². The summed E-state index contributed by atoms with van der Waals surface area (Å²) in [4.78, 5) is 37.9. The Hall–Kier alpha value is -5.10. The van der Waals surface area contributed by atoms with E-state index in [1.54, 1.807) is 42.3 Å². The second kappa shape index (κ2) is 13.7. The number of benzene rings is 2. The van der Waals surface area contributed by atoms with Crippen LogP contribution in [0.2, 0.25) is 0 Å². The molecule has 0 spiro atoms. The van der Waals surface area contributed by atoms with E-state index in [0.29, 0.717) is 31.3 Å². The number of carbonyl (C=O) groups is 2. The van der Waals surface area contributed by atoms with Gasteiger partial charge in [-0.1, -0.05) is 11.2 Å². The summed E-state index contributed by atoms with van der Waals surface area (Å²) in [5, 5.41) is 7.63. The summed E-state index contributed by atoms with van der Waals surface area (Å²) < 4.78 is 31.4. The van der Waals surface area contributed by atoms with Crippen LogP contribution in [-0.2, 0) is 4.79 Å². The number of nitrogens with zero attached hydrogens (tertiary/aromatic N) is 5. The monoisotopic (exact) mass is 612 g/mol. The maximum Gasteiger partial charge on any atom is 0.287 e. The zero-order valence-electron chi connectivity index (χ0n) is 24.8. The van der Waals surface area contributed by atoms with E-state index in [1.165, 1.54) is 12.3 Å². The lowest BCUT2D eigenvalue weighted by atomic mass is 10.1. The first-order valence-corrected chi connectivity index (χ1v) is 14.9. The van der Waals surface area contributed by atoms with Crippen LogP contribution in [0.5, 0.6) is 5.75 Å². The van der Waals surface area contributed by atoms with Gasteiger partial charge in [0.2, 0.25) is 11.7 Å². The van der Waals surface area contributed by atoms with Crippen molar-refractivity contribution in [2.75, 3.05) is 39.3 Å². The van der Waals surface area contributed by atoms with Crippen molar-refractivity contribution in [1.29, 1.82) is 0 Å². The van der Waals surface area contributed by atoms with Crippen LogP contribution in [0.4, 0.5) is 4.39 Å². The van der Waals surface area contributed by atoms with Crippen molar-refractivity contribution in [1.82, 2.24) is 30.2 Å². The Morgan fingerprint density at radius 1 is 1.07 bits per heavy atom. The minimum atomic E-state index is -0.654. The largest absolute Gasteiger partial charge is 0.493 e. The molecule has 6 rings (SSSR count). The maximum atomic E-state index is 15.0. The molecule has 2 amide bonds. The first-order chi connectivity index (χ1) is 21.9. The van der Waals surface area contributed by atoms with Gasteiger partial charge in [-0.25, -0.2) is 4.39 Å². The van der Waals surface area contributed by atoms with Crippen LogP contribution in [-0.4, -0.2) is 82.1 Å². The molecule has 1 saturated heterocycles. The summed E-state index contributed by atoms with van der Waals surface area (Å²) in [6, 6.07) is 16.6. The summed E-state index contributed by atoms with van der Waals surface area (Å²) in [5.74, 6) is 0.00904. The first-order valence-electron chi connectivity index (χ1n) is 14.9. The van der Waals surface area contributed by atoms with Crippen LogP contribution in [0, 0.1) is 5.82 Å². The lowest BCUT2D eigenvalue weighted by molar-refractivity contribution is -0.132. The zero-order valence-corrected chi connectivity index (χ0v) is 24.8. The number of hydrogen-bond acceptors (Lipinski definition) is 9. The van der Waals surface area contributed by atoms with Crippen LogP contribution >= 0.6 is 0 Å². The van der Waals surface area contributed by atoms with Gasteiger partial charge in [0.05, 0.1) is 24.0 Å². The van der Waals surface area contributed by atoms with Crippen LogP contribution in [0.15, 0.2) is 82.1 Å². The average Bonchev–Trinajstić information content (AvgIpc) is 3.72. The highest BCUT2D eigenvalue weighted by Gasteiger charge is 2.25. The van der Waals surface area contributed by atoms with Gasteiger partial charge in [0.1, 0.15) is 17.6 Å². The van der Waals surface area contributed by atoms with Crippen molar-refractivity contribution in [3.63, 3.8) is 0 Å². The molecule has 0 aliphatic carbocycles. The van der Waals surface area contributed by atoms with Crippen LogP contribution < -0.4 is 10.1 Å². The summed E-state index contributed by atoms with van der Waals surface area (Å²) in [6.07, 6.45) is 4.72. The lowest BCUT2D eigenvalue weighted by Gasteiger charge is -2.25. The van der Waals surface area contributed by atoms with Gasteiger partial charge in [0.25, 0.3) is 11.8 Å². The predicted molar refractivity (Wildman–Crippen MR) is 164 cm³/mol. The highest BCUT2D eigenvalue weighted by molar-refractivity contribution is 5.95.